The van der Waals surface area contributed by atoms with Crippen LogP contribution < -0.4 is 0 Å². The molecule has 0 aliphatic heterocycles. The summed E-state index contributed by atoms with van der Waals surface area (Å²) in [5.41, 5.74) is 0. The minimum atomic E-state index is -1.21. The van der Waals surface area contributed by atoms with Crippen molar-refractivity contribution in [3.63, 3.8) is 0 Å². The number of esters is 1. The van der Waals surface area contributed by atoms with Crippen molar-refractivity contribution in [2.75, 3.05) is 0 Å². The van der Waals surface area contributed by atoms with Gasteiger partial charge in [-0.15, -0.1) is 11.6 Å². The predicted molar refractivity (Wildman–Crippen MR) is 36.6 cm³/mol. The van der Waals surface area contributed by atoms with Gasteiger partial charge >= 0.3 is 5.97 Å². The van der Waals surface area contributed by atoms with Crippen molar-refractivity contribution in [1.82, 2.24) is 0 Å². The molecule has 0 aliphatic carbocycles. The highest BCUT2D eigenvalue weighted by Gasteiger charge is 2.20. The van der Waals surface area contributed by atoms with E-state index in [1.54, 1.807) is 0 Å². The summed E-state index contributed by atoms with van der Waals surface area (Å²) in [7, 11) is 0. The summed E-state index contributed by atoms with van der Waals surface area (Å²) >= 11 is 5.27. The molecule has 1 atom stereocenters. The minimum absolute atomic E-state index is 0.437. The molecule has 0 aromatic rings. The SMILES string of the molecule is C=COC(=O)C(Cl)C(C)=O. The van der Waals surface area contributed by atoms with E-state index in [0.29, 0.717) is 0 Å². The number of carbonyl (C=O) groups excluding carboxylic acids is 2. The van der Waals surface area contributed by atoms with Gasteiger partial charge in [-0.25, -0.2) is 4.79 Å². The zero-order valence-corrected chi connectivity index (χ0v) is 6.22. The van der Waals surface area contributed by atoms with E-state index in [0.717, 1.165) is 6.26 Å². The molecule has 0 aromatic carbocycles. The third-order valence-corrected chi connectivity index (χ3v) is 1.25. The first-order valence-electron chi connectivity index (χ1n) is 2.55. The van der Waals surface area contributed by atoms with Gasteiger partial charge in [0.25, 0.3) is 0 Å². The number of hydrogen-bond acceptors (Lipinski definition) is 3. The molecule has 56 valence electrons. The lowest BCUT2D eigenvalue weighted by Crippen LogP contribution is -2.22. The zero-order valence-electron chi connectivity index (χ0n) is 5.46. The maximum atomic E-state index is 10.5. The summed E-state index contributed by atoms with van der Waals surface area (Å²) in [5, 5.41) is -1.21. The highest BCUT2D eigenvalue weighted by Crippen LogP contribution is 1.99. The van der Waals surface area contributed by atoms with Crippen molar-refractivity contribution in [3.05, 3.63) is 12.8 Å². The summed E-state index contributed by atoms with van der Waals surface area (Å²) in [5.74, 6) is -1.22. The van der Waals surface area contributed by atoms with Crippen LogP contribution in [0.25, 0.3) is 0 Å². The average molecular weight is 163 g/mol. The number of rotatable bonds is 3. The number of halogens is 1. The van der Waals surface area contributed by atoms with Crippen LogP contribution in [0.4, 0.5) is 0 Å². The van der Waals surface area contributed by atoms with Gasteiger partial charge in [0.05, 0.1) is 6.26 Å². The number of ketones is 1. The molecule has 0 saturated heterocycles. The Morgan fingerprint density at radius 1 is 1.70 bits per heavy atom. The van der Waals surface area contributed by atoms with Crippen molar-refractivity contribution in [1.29, 1.82) is 0 Å². The van der Waals surface area contributed by atoms with Crippen LogP contribution >= 0.6 is 11.6 Å². The van der Waals surface area contributed by atoms with E-state index >= 15 is 0 Å². The monoisotopic (exact) mass is 162 g/mol. The molecule has 0 saturated carbocycles. The third kappa shape index (κ3) is 2.64. The van der Waals surface area contributed by atoms with E-state index in [4.69, 9.17) is 11.6 Å². The number of hydrogen-bond donors (Lipinski definition) is 0. The normalized spacial score (nSPS) is 11.8. The van der Waals surface area contributed by atoms with Gasteiger partial charge in [-0.2, -0.15) is 0 Å². The van der Waals surface area contributed by atoms with Crippen LogP contribution in [0.1, 0.15) is 6.92 Å². The highest BCUT2D eigenvalue weighted by atomic mass is 35.5. The third-order valence-electron chi connectivity index (χ3n) is 0.763. The molecular formula is C6H7ClO3. The first kappa shape index (κ1) is 9.17. The van der Waals surface area contributed by atoms with Crippen LogP contribution in [0, 0.1) is 0 Å². The Hall–Kier alpha value is -0.830. The van der Waals surface area contributed by atoms with Crippen LogP contribution in [0.2, 0.25) is 0 Å². The van der Waals surface area contributed by atoms with Crippen LogP contribution in [-0.4, -0.2) is 17.1 Å². The fourth-order valence-electron chi connectivity index (χ4n) is 0.308. The predicted octanol–water partition coefficient (Wildman–Crippen LogP) is 0.869. The molecule has 0 bridgehead atoms. The van der Waals surface area contributed by atoms with Gasteiger partial charge in [0, 0.05) is 0 Å². The second-order valence-corrected chi connectivity index (χ2v) is 2.01. The van der Waals surface area contributed by atoms with Crippen LogP contribution in [-0.2, 0) is 14.3 Å². The van der Waals surface area contributed by atoms with E-state index in [-0.39, 0.29) is 0 Å². The van der Waals surface area contributed by atoms with Crippen molar-refractivity contribution in [3.8, 4) is 0 Å². The molecule has 0 amide bonds. The second-order valence-electron chi connectivity index (χ2n) is 1.58. The van der Waals surface area contributed by atoms with E-state index < -0.39 is 17.1 Å². The van der Waals surface area contributed by atoms with Crippen molar-refractivity contribution in [2.45, 2.75) is 12.3 Å². The largest absolute Gasteiger partial charge is 0.434 e. The highest BCUT2D eigenvalue weighted by molar-refractivity contribution is 6.40. The minimum Gasteiger partial charge on any atom is -0.434 e. The van der Waals surface area contributed by atoms with Crippen molar-refractivity contribution >= 4 is 23.4 Å². The smallest absolute Gasteiger partial charge is 0.336 e. The maximum Gasteiger partial charge on any atom is 0.336 e. The molecule has 0 aromatic heterocycles. The Morgan fingerprint density at radius 3 is 2.50 bits per heavy atom. The second kappa shape index (κ2) is 4.06. The van der Waals surface area contributed by atoms with Gasteiger partial charge in [0.1, 0.15) is 0 Å². The first-order chi connectivity index (χ1) is 4.59. The molecular weight excluding hydrogens is 156 g/mol. The van der Waals surface area contributed by atoms with E-state index in [1.165, 1.54) is 6.92 Å². The van der Waals surface area contributed by atoms with E-state index in [2.05, 4.69) is 11.3 Å². The molecule has 0 radical (unpaired) electrons. The van der Waals surface area contributed by atoms with Crippen LogP contribution in [0.15, 0.2) is 12.8 Å². The molecule has 0 heterocycles. The number of alkyl halides is 1. The Balaban J connectivity index is 3.94. The van der Waals surface area contributed by atoms with Gasteiger partial charge in [-0.1, -0.05) is 6.58 Å². The Bertz CT molecular complexity index is 164. The summed E-state index contributed by atoms with van der Waals surface area (Å²) < 4.78 is 4.24. The van der Waals surface area contributed by atoms with Crippen LogP contribution in [0.3, 0.4) is 0 Å². The Morgan fingerprint density at radius 2 is 2.20 bits per heavy atom. The summed E-state index contributed by atoms with van der Waals surface area (Å²) in [6, 6.07) is 0. The van der Waals surface area contributed by atoms with Crippen molar-refractivity contribution < 1.29 is 14.3 Å². The summed E-state index contributed by atoms with van der Waals surface area (Å²) in [4.78, 5) is 20.9. The van der Waals surface area contributed by atoms with Gasteiger partial charge in [-0.05, 0) is 6.92 Å². The molecule has 0 fully saturated rings. The Kier molecular flexibility index (Phi) is 3.72. The lowest BCUT2D eigenvalue weighted by Gasteiger charge is -2.00. The summed E-state index contributed by atoms with van der Waals surface area (Å²) in [6.45, 7) is 4.34. The lowest BCUT2D eigenvalue weighted by molar-refractivity contribution is -0.140. The molecule has 4 heteroatoms. The van der Waals surface area contributed by atoms with Gasteiger partial charge in [0.15, 0.2) is 11.2 Å². The fourth-order valence-corrected chi connectivity index (χ4v) is 0.359. The maximum absolute atomic E-state index is 10.5. The van der Waals surface area contributed by atoms with Crippen molar-refractivity contribution in [2.24, 2.45) is 0 Å². The molecule has 0 aliphatic rings. The fraction of sp³-hybridized carbons (Fsp3) is 0.333. The molecule has 1 unspecified atom stereocenters. The molecule has 10 heavy (non-hydrogen) atoms. The average Bonchev–Trinajstić information content (AvgIpc) is 1.87. The van der Waals surface area contributed by atoms with E-state index in [1.807, 2.05) is 0 Å². The number of ether oxygens (including phenoxy) is 1. The quantitative estimate of drug-likeness (QED) is 0.268. The van der Waals surface area contributed by atoms with E-state index in [9.17, 15) is 9.59 Å². The molecule has 0 rings (SSSR count). The Labute approximate surface area is 63.6 Å². The van der Waals surface area contributed by atoms with Gasteiger partial charge in [0.2, 0.25) is 0 Å². The van der Waals surface area contributed by atoms with Gasteiger partial charge < -0.3 is 4.74 Å². The first-order valence-corrected chi connectivity index (χ1v) is 2.99. The number of Topliss-reactive ketones (excluding diaryl/α,β-unsaturated/α-hetero) is 1. The number of carbonyl (C=O) groups is 2. The molecule has 3 nitrogen and oxygen atoms in total. The van der Waals surface area contributed by atoms with Gasteiger partial charge in [-0.3, -0.25) is 4.79 Å². The molecule has 0 spiro atoms. The topological polar surface area (TPSA) is 43.4 Å². The van der Waals surface area contributed by atoms with Crippen LogP contribution in [0.5, 0.6) is 0 Å². The lowest BCUT2D eigenvalue weighted by atomic mass is 10.3. The summed E-state index contributed by atoms with van der Waals surface area (Å²) in [6.07, 6.45) is 0.931. The molecule has 0 N–H and O–H groups in total. The zero-order chi connectivity index (χ0) is 8.15. The standard InChI is InChI=1S/C6H7ClO3/c1-3-10-6(9)5(7)4(2)8/h3,5H,1H2,2H3.